The van der Waals surface area contributed by atoms with Crippen LogP contribution in [-0.2, 0) is 11.8 Å². The van der Waals surface area contributed by atoms with Crippen molar-refractivity contribution in [1.29, 1.82) is 5.26 Å². The van der Waals surface area contributed by atoms with E-state index in [1.54, 1.807) is 10.9 Å². The lowest BCUT2D eigenvalue weighted by Crippen LogP contribution is -2.42. The van der Waals surface area contributed by atoms with Crippen molar-refractivity contribution in [3.8, 4) is 6.07 Å². The molecule has 6 nitrogen and oxygen atoms in total. The molecule has 1 aromatic heterocycles. The van der Waals surface area contributed by atoms with E-state index in [0.717, 1.165) is 19.3 Å². The van der Waals surface area contributed by atoms with Gasteiger partial charge in [-0.1, -0.05) is 19.3 Å². The Hall–Kier alpha value is -1.90. The molecule has 1 amide bonds. The third-order valence-corrected chi connectivity index (χ3v) is 3.84. The monoisotopic (exact) mass is 261 g/mol. The van der Waals surface area contributed by atoms with E-state index in [4.69, 9.17) is 0 Å². The summed E-state index contributed by atoms with van der Waals surface area (Å²) in [6.45, 7) is 1.86. The van der Waals surface area contributed by atoms with Crippen molar-refractivity contribution >= 4 is 5.91 Å². The van der Waals surface area contributed by atoms with E-state index < -0.39 is 5.41 Å². The van der Waals surface area contributed by atoms with Crippen LogP contribution in [0.25, 0.3) is 0 Å². The van der Waals surface area contributed by atoms with Crippen molar-refractivity contribution in [2.24, 2.45) is 12.5 Å². The van der Waals surface area contributed by atoms with Crippen molar-refractivity contribution < 1.29 is 4.79 Å². The Kier molecular flexibility index (Phi) is 3.84. The Bertz CT molecular complexity index is 495. The van der Waals surface area contributed by atoms with Gasteiger partial charge in [0.25, 0.3) is 0 Å². The zero-order chi connectivity index (χ0) is 13.9. The van der Waals surface area contributed by atoms with E-state index in [0.29, 0.717) is 18.7 Å². The first kappa shape index (κ1) is 13.5. The highest BCUT2D eigenvalue weighted by Crippen LogP contribution is 2.36. The Morgan fingerprint density at radius 3 is 2.74 bits per heavy atom. The Morgan fingerprint density at radius 1 is 1.53 bits per heavy atom. The Morgan fingerprint density at radius 2 is 2.21 bits per heavy atom. The van der Waals surface area contributed by atoms with Crippen molar-refractivity contribution in [2.45, 2.75) is 45.1 Å². The largest absolute Gasteiger partial charge is 0.345 e. The fourth-order valence-corrected chi connectivity index (χ4v) is 2.63. The number of aromatic nitrogens is 3. The van der Waals surface area contributed by atoms with E-state index in [2.05, 4.69) is 21.6 Å². The van der Waals surface area contributed by atoms with Crippen LogP contribution >= 0.6 is 0 Å². The zero-order valence-corrected chi connectivity index (χ0v) is 11.4. The Balaban J connectivity index is 2.08. The number of nitriles is 1. The Labute approximate surface area is 112 Å². The first-order chi connectivity index (χ1) is 9.09. The average Bonchev–Trinajstić information content (AvgIpc) is 2.85. The van der Waals surface area contributed by atoms with Gasteiger partial charge in [0.1, 0.15) is 11.7 Å². The van der Waals surface area contributed by atoms with Crippen LogP contribution in [0, 0.1) is 16.7 Å². The summed E-state index contributed by atoms with van der Waals surface area (Å²) in [5.74, 6) is 0.516. The van der Waals surface area contributed by atoms with Gasteiger partial charge >= 0.3 is 0 Å². The molecule has 1 N–H and O–H groups in total. The third kappa shape index (κ3) is 2.60. The van der Waals surface area contributed by atoms with Crippen molar-refractivity contribution in [1.82, 2.24) is 20.1 Å². The van der Waals surface area contributed by atoms with Gasteiger partial charge in [0.15, 0.2) is 5.82 Å². The highest BCUT2D eigenvalue weighted by atomic mass is 16.2. The van der Waals surface area contributed by atoms with Gasteiger partial charge in [-0.15, -0.1) is 10.2 Å². The van der Waals surface area contributed by atoms with Crippen LogP contribution in [0.3, 0.4) is 0 Å². The maximum atomic E-state index is 12.4. The van der Waals surface area contributed by atoms with Crippen LogP contribution in [-0.4, -0.2) is 20.7 Å². The number of amides is 1. The minimum absolute atomic E-state index is 0.176. The summed E-state index contributed by atoms with van der Waals surface area (Å²) in [7, 11) is 1.83. The summed E-state index contributed by atoms with van der Waals surface area (Å²) >= 11 is 0. The van der Waals surface area contributed by atoms with Gasteiger partial charge in [-0.2, -0.15) is 5.26 Å². The van der Waals surface area contributed by atoms with E-state index >= 15 is 0 Å². The molecule has 1 heterocycles. The first-order valence-corrected chi connectivity index (χ1v) is 6.65. The molecule has 0 saturated heterocycles. The molecule has 102 valence electrons. The second kappa shape index (κ2) is 5.39. The van der Waals surface area contributed by atoms with Crippen molar-refractivity contribution in [3.05, 3.63) is 12.2 Å². The van der Waals surface area contributed by atoms with Crippen LogP contribution < -0.4 is 5.32 Å². The maximum absolute atomic E-state index is 12.4. The minimum atomic E-state index is -0.856. The lowest BCUT2D eigenvalue weighted by Gasteiger charge is -2.30. The van der Waals surface area contributed by atoms with E-state index in [1.807, 2.05) is 14.0 Å². The van der Waals surface area contributed by atoms with Crippen molar-refractivity contribution in [2.75, 3.05) is 0 Å². The van der Waals surface area contributed by atoms with Crippen LogP contribution in [0.4, 0.5) is 0 Å². The molecule has 1 fully saturated rings. The summed E-state index contributed by atoms with van der Waals surface area (Å²) in [5, 5.41) is 20.0. The van der Waals surface area contributed by atoms with Gasteiger partial charge in [-0.05, 0) is 19.8 Å². The number of nitrogens with zero attached hydrogens (tertiary/aromatic N) is 4. The summed E-state index contributed by atoms with van der Waals surface area (Å²) < 4.78 is 1.77. The highest BCUT2D eigenvalue weighted by molar-refractivity contribution is 5.85. The third-order valence-electron chi connectivity index (χ3n) is 3.84. The van der Waals surface area contributed by atoms with Crippen LogP contribution in [0.5, 0.6) is 0 Å². The van der Waals surface area contributed by atoms with Gasteiger partial charge in [-0.3, -0.25) is 4.79 Å². The highest BCUT2D eigenvalue weighted by Gasteiger charge is 2.40. The van der Waals surface area contributed by atoms with Gasteiger partial charge in [0.2, 0.25) is 5.91 Å². The zero-order valence-electron chi connectivity index (χ0n) is 11.4. The van der Waals surface area contributed by atoms with E-state index in [-0.39, 0.29) is 11.9 Å². The van der Waals surface area contributed by atoms with Crippen LogP contribution in [0.15, 0.2) is 6.33 Å². The average molecular weight is 261 g/mol. The van der Waals surface area contributed by atoms with Crippen LogP contribution in [0.1, 0.15) is 50.9 Å². The van der Waals surface area contributed by atoms with E-state index in [1.165, 1.54) is 0 Å². The van der Waals surface area contributed by atoms with Crippen molar-refractivity contribution in [3.63, 3.8) is 0 Å². The summed E-state index contributed by atoms with van der Waals surface area (Å²) in [4.78, 5) is 12.4. The smallest absolute Gasteiger partial charge is 0.241 e. The summed E-state index contributed by atoms with van der Waals surface area (Å²) in [6, 6.07) is 1.98. The lowest BCUT2D eigenvalue weighted by molar-refractivity contribution is -0.130. The fraction of sp³-hybridized carbons (Fsp3) is 0.692. The molecular weight excluding hydrogens is 242 g/mol. The topological polar surface area (TPSA) is 83.6 Å². The number of carbonyl (C=O) groups is 1. The standard InChI is InChI=1S/C13H19N5O/c1-10(11-17-15-9-18(11)2)16-12(19)13(8-14)6-4-3-5-7-13/h9-10H,3-7H2,1-2H3,(H,16,19). The molecule has 1 aliphatic rings. The van der Waals surface area contributed by atoms with Gasteiger partial charge in [-0.25, -0.2) is 0 Å². The molecule has 0 spiro atoms. The van der Waals surface area contributed by atoms with Gasteiger partial charge in [0.05, 0.1) is 12.1 Å². The molecule has 6 heteroatoms. The lowest BCUT2D eigenvalue weighted by atomic mass is 9.74. The quantitative estimate of drug-likeness (QED) is 0.893. The fourth-order valence-electron chi connectivity index (χ4n) is 2.63. The number of rotatable bonds is 3. The minimum Gasteiger partial charge on any atom is -0.345 e. The number of hydrogen-bond acceptors (Lipinski definition) is 4. The molecule has 0 bridgehead atoms. The molecule has 0 radical (unpaired) electrons. The number of aryl methyl sites for hydroxylation is 1. The predicted molar refractivity (Wildman–Crippen MR) is 68.7 cm³/mol. The molecule has 0 aliphatic heterocycles. The van der Waals surface area contributed by atoms with Gasteiger partial charge < -0.3 is 9.88 Å². The van der Waals surface area contributed by atoms with Crippen LogP contribution in [0.2, 0.25) is 0 Å². The summed E-state index contributed by atoms with van der Waals surface area (Å²) in [6.07, 6.45) is 5.90. The SMILES string of the molecule is CC(NC(=O)C1(C#N)CCCCC1)c1nncn1C. The van der Waals surface area contributed by atoms with E-state index in [9.17, 15) is 10.1 Å². The first-order valence-electron chi connectivity index (χ1n) is 6.65. The maximum Gasteiger partial charge on any atom is 0.241 e. The second-order valence-electron chi connectivity index (χ2n) is 5.25. The molecular formula is C13H19N5O. The number of nitrogens with one attached hydrogen (secondary N) is 1. The second-order valence-corrected chi connectivity index (χ2v) is 5.25. The summed E-state index contributed by atoms with van der Waals surface area (Å²) in [5.41, 5.74) is -0.856. The predicted octanol–water partition coefficient (Wildman–Crippen LogP) is 1.47. The molecule has 1 unspecified atom stereocenters. The number of carbonyl (C=O) groups excluding carboxylic acids is 1. The molecule has 1 aromatic rings. The molecule has 19 heavy (non-hydrogen) atoms. The molecule has 1 atom stereocenters. The normalized spacial score (nSPS) is 19.4. The molecule has 2 rings (SSSR count). The molecule has 1 aliphatic carbocycles. The molecule has 0 aromatic carbocycles. The molecule has 1 saturated carbocycles. The number of hydrogen-bond donors (Lipinski definition) is 1. The van der Waals surface area contributed by atoms with Gasteiger partial charge in [0, 0.05) is 7.05 Å².